The van der Waals surface area contributed by atoms with E-state index in [4.69, 9.17) is 21.6 Å². The zero-order valence-corrected chi connectivity index (χ0v) is 11.3. The highest BCUT2D eigenvalue weighted by molar-refractivity contribution is 7.99. The van der Waals surface area contributed by atoms with Gasteiger partial charge in [0.2, 0.25) is 0 Å². The Hall–Kier alpha value is -1.63. The molecule has 2 aromatic rings. The lowest BCUT2D eigenvalue weighted by Crippen LogP contribution is -1.82. The first-order chi connectivity index (χ1) is 8.72. The summed E-state index contributed by atoms with van der Waals surface area (Å²) >= 11 is 7.68. The molecule has 0 aliphatic heterocycles. The van der Waals surface area contributed by atoms with Crippen molar-refractivity contribution in [1.29, 1.82) is 5.26 Å². The van der Waals surface area contributed by atoms with Crippen LogP contribution in [-0.2, 0) is 0 Å². The summed E-state index contributed by atoms with van der Waals surface area (Å²) in [4.78, 5) is 2.00. The van der Waals surface area contributed by atoms with Gasteiger partial charge in [0.15, 0.2) is 0 Å². The number of ether oxygens (including phenoxy) is 1. The summed E-state index contributed by atoms with van der Waals surface area (Å²) in [5.74, 6) is 0.824. The molecule has 0 amide bonds. The summed E-state index contributed by atoms with van der Waals surface area (Å²) in [7, 11) is 1.64. The van der Waals surface area contributed by atoms with Gasteiger partial charge in [-0.05, 0) is 42.5 Å². The van der Waals surface area contributed by atoms with Gasteiger partial charge in [0, 0.05) is 9.79 Å². The maximum atomic E-state index is 8.77. The van der Waals surface area contributed by atoms with Crippen molar-refractivity contribution in [2.75, 3.05) is 7.11 Å². The molecule has 0 saturated carbocycles. The fourth-order valence-electron chi connectivity index (χ4n) is 1.42. The van der Waals surface area contributed by atoms with E-state index in [0.717, 1.165) is 15.5 Å². The highest BCUT2D eigenvalue weighted by atomic mass is 35.5. The fraction of sp³-hybridized carbons (Fsp3) is 0.0714. The quantitative estimate of drug-likeness (QED) is 0.834. The predicted octanol–water partition coefficient (Wildman–Crippen LogP) is 4.37. The highest BCUT2D eigenvalue weighted by Crippen LogP contribution is 2.34. The van der Waals surface area contributed by atoms with Gasteiger partial charge >= 0.3 is 0 Å². The van der Waals surface area contributed by atoms with Crippen LogP contribution in [0, 0.1) is 11.3 Å². The summed E-state index contributed by atoms with van der Waals surface area (Å²) in [6, 6.07) is 15.1. The van der Waals surface area contributed by atoms with Gasteiger partial charge in [0.25, 0.3) is 0 Å². The Morgan fingerprint density at radius 1 is 1.17 bits per heavy atom. The van der Waals surface area contributed by atoms with Gasteiger partial charge in [-0.15, -0.1) is 0 Å². The molecule has 18 heavy (non-hydrogen) atoms. The molecule has 2 nitrogen and oxygen atoms in total. The standard InChI is InChI=1S/C14H10ClNOS/c1-17-11-3-5-12(6-4-11)18-14-7-2-10(9-16)8-13(14)15/h2-8H,1H3. The van der Waals surface area contributed by atoms with E-state index < -0.39 is 0 Å². The molecule has 2 aromatic carbocycles. The van der Waals surface area contributed by atoms with E-state index in [-0.39, 0.29) is 0 Å². The lowest BCUT2D eigenvalue weighted by molar-refractivity contribution is 0.414. The van der Waals surface area contributed by atoms with E-state index in [9.17, 15) is 0 Å². The fourth-order valence-corrected chi connectivity index (χ4v) is 2.54. The van der Waals surface area contributed by atoms with Crippen molar-refractivity contribution in [3.8, 4) is 11.8 Å². The van der Waals surface area contributed by atoms with Crippen LogP contribution in [0.4, 0.5) is 0 Å². The molecule has 0 heterocycles. The zero-order chi connectivity index (χ0) is 13.0. The molecule has 2 rings (SSSR count). The number of halogens is 1. The second-order valence-electron chi connectivity index (χ2n) is 3.53. The highest BCUT2D eigenvalue weighted by Gasteiger charge is 2.04. The molecule has 0 atom stereocenters. The van der Waals surface area contributed by atoms with Crippen molar-refractivity contribution in [1.82, 2.24) is 0 Å². The molecule has 0 spiro atoms. The number of methoxy groups -OCH3 is 1. The zero-order valence-electron chi connectivity index (χ0n) is 9.68. The van der Waals surface area contributed by atoms with E-state index in [1.165, 1.54) is 0 Å². The van der Waals surface area contributed by atoms with Crippen LogP contribution in [0.2, 0.25) is 5.02 Å². The molecule has 0 radical (unpaired) electrons. The topological polar surface area (TPSA) is 33.0 Å². The predicted molar refractivity (Wildman–Crippen MR) is 73.3 cm³/mol. The Bertz CT molecular complexity index is 590. The molecule has 0 bridgehead atoms. The van der Waals surface area contributed by atoms with Gasteiger partial charge in [-0.3, -0.25) is 0 Å². The third-order valence-corrected chi connectivity index (χ3v) is 3.86. The average Bonchev–Trinajstić information content (AvgIpc) is 2.42. The number of nitriles is 1. The van der Waals surface area contributed by atoms with Crippen LogP contribution in [0.1, 0.15) is 5.56 Å². The number of benzene rings is 2. The largest absolute Gasteiger partial charge is 0.497 e. The molecule has 0 fully saturated rings. The molecule has 0 aromatic heterocycles. The first kappa shape index (κ1) is 12.8. The van der Waals surface area contributed by atoms with Crippen LogP contribution in [0.5, 0.6) is 5.75 Å². The first-order valence-corrected chi connectivity index (χ1v) is 6.44. The molecule has 0 saturated heterocycles. The minimum atomic E-state index is 0.569. The van der Waals surface area contributed by atoms with E-state index >= 15 is 0 Å². The summed E-state index contributed by atoms with van der Waals surface area (Å²) in [5.41, 5.74) is 0.569. The Morgan fingerprint density at radius 3 is 2.44 bits per heavy atom. The Kier molecular flexibility index (Phi) is 4.14. The van der Waals surface area contributed by atoms with Crippen molar-refractivity contribution >= 4 is 23.4 Å². The number of hydrogen-bond donors (Lipinski definition) is 0. The van der Waals surface area contributed by atoms with E-state index in [1.54, 1.807) is 31.0 Å². The maximum Gasteiger partial charge on any atom is 0.118 e. The van der Waals surface area contributed by atoms with Crippen LogP contribution >= 0.6 is 23.4 Å². The SMILES string of the molecule is COc1ccc(Sc2ccc(C#N)cc2Cl)cc1. The smallest absolute Gasteiger partial charge is 0.118 e. The van der Waals surface area contributed by atoms with Gasteiger partial charge in [-0.25, -0.2) is 0 Å². The number of nitrogens with zero attached hydrogens (tertiary/aromatic N) is 1. The summed E-state index contributed by atoms with van der Waals surface area (Å²) in [6.45, 7) is 0. The summed E-state index contributed by atoms with van der Waals surface area (Å²) in [6.07, 6.45) is 0. The molecule has 0 N–H and O–H groups in total. The molecule has 4 heteroatoms. The summed E-state index contributed by atoms with van der Waals surface area (Å²) in [5, 5.41) is 9.36. The third-order valence-electron chi connectivity index (χ3n) is 2.35. The molecular formula is C14H10ClNOS. The van der Waals surface area contributed by atoms with Crippen LogP contribution in [0.3, 0.4) is 0 Å². The second-order valence-corrected chi connectivity index (χ2v) is 5.06. The van der Waals surface area contributed by atoms with E-state index in [0.29, 0.717) is 10.6 Å². The van der Waals surface area contributed by atoms with Gasteiger partial charge in [0.05, 0.1) is 23.8 Å². The molecule has 0 aliphatic rings. The second kappa shape index (κ2) is 5.81. The van der Waals surface area contributed by atoms with Gasteiger partial charge in [0.1, 0.15) is 5.75 Å². The lowest BCUT2D eigenvalue weighted by atomic mass is 10.2. The minimum absolute atomic E-state index is 0.569. The van der Waals surface area contributed by atoms with Crippen LogP contribution < -0.4 is 4.74 Å². The normalized spacial score (nSPS) is 9.83. The maximum absolute atomic E-state index is 8.77. The molecule has 90 valence electrons. The number of rotatable bonds is 3. The van der Waals surface area contributed by atoms with Crippen LogP contribution in [0.15, 0.2) is 52.3 Å². The van der Waals surface area contributed by atoms with Crippen LogP contribution in [0.25, 0.3) is 0 Å². The van der Waals surface area contributed by atoms with Crippen LogP contribution in [-0.4, -0.2) is 7.11 Å². The van der Waals surface area contributed by atoms with Crippen molar-refractivity contribution in [2.24, 2.45) is 0 Å². The van der Waals surface area contributed by atoms with Crippen molar-refractivity contribution in [3.05, 3.63) is 53.1 Å². The Balaban J connectivity index is 2.20. The summed E-state index contributed by atoms with van der Waals surface area (Å²) < 4.78 is 5.10. The van der Waals surface area contributed by atoms with Crippen molar-refractivity contribution in [2.45, 2.75) is 9.79 Å². The molecule has 0 unspecified atom stereocenters. The van der Waals surface area contributed by atoms with Gasteiger partial charge in [-0.2, -0.15) is 5.26 Å². The van der Waals surface area contributed by atoms with Crippen molar-refractivity contribution in [3.63, 3.8) is 0 Å². The van der Waals surface area contributed by atoms with Gasteiger partial charge < -0.3 is 4.74 Å². The monoisotopic (exact) mass is 275 g/mol. The minimum Gasteiger partial charge on any atom is -0.497 e. The van der Waals surface area contributed by atoms with Gasteiger partial charge in [-0.1, -0.05) is 23.4 Å². The van der Waals surface area contributed by atoms with E-state index in [2.05, 4.69) is 6.07 Å². The number of hydrogen-bond acceptors (Lipinski definition) is 3. The average molecular weight is 276 g/mol. The third kappa shape index (κ3) is 2.98. The molecule has 0 aliphatic carbocycles. The lowest BCUT2D eigenvalue weighted by Gasteiger charge is -2.05. The van der Waals surface area contributed by atoms with Crippen molar-refractivity contribution < 1.29 is 4.74 Å². The Labute approximate surface area is 115 Å². The van der Waals surface area contributed by atoms with E-state index in [1.807, 2.05) is 30.3 Å². The first-order valence-electron chi connectivity index (χ1n) is 5.24. The Morgan fingerprint density at radius 2 is 1.89 bits per heavy atom. The molecular weight excluding hydrogens is 266 g/mol.